The normalized spacial score (nSPS) is 22.6. The second-order valence-corrected chi connectivity index (χ2v) is 7.88. The standard InChI is InChI=1S/C21H31N3O2/c1-16(2)19(13-17-7-4-3-5-8-17)21(26)23-11-6-9-18(15-23)24-12-10-22-14-20(24)25/h3-5,7-8,16,18-19,22H,6,9-15H2,1-2H3. The molecule has 2 amide bonds. The molecule has 0 radical (unpaired) electrons. The van der Waals surface area contributed by atoms with Gasteiger partial charge >= 0.3 is 0 Å². The third-order valence-corrected chi connectivity index (χ3v) is 5.70. The molecule has 2 aliphatic rings. The largest absolute Gasteiger partial charge is 0.340 e. The van der Waals surface area contributed by atoms with Crippen LogP contribution < -0.4 is 5.32 Å². The summed E-state index contributed by atoms with van der Waals surface area (Å²) in [4.78, 5) is 29.5. The molecule has 2 atom stereocenters. The number of amides is 2. The maximum Gasteiger partial charge on any atom is 0.236 e. The molecule has 0 bridgehead atoms. The van der Waals surface area contributed by atoms with E-state index in [1.807, 2.05) is 28.0 Å². The van der Waals surface area contributed by atoms with Crippen molar-refractivity contribution in [3.8, 4) is 0 Å². The van der Waals surface area contributed by atoms with E-state index in [0.29, 0.717) is 19.0 Å². The van der Waals surface area contributed by atoms with Crippen molar-refractivity contribution >= 4 is 11.8 Å². The summed E-state index contributed by atoms with van der Waals surface area (Å²) in [6, 6.07) is 10.4. The van der Waals surface area contributed by atoms with E-state index in [1.165, 1.54) is 5.56 Å². The van der Waals surface area contributed by atoms with Gasteiger partial charge in [-0.15, -0.1) is 0 Å². The van der Waals surface area contributed by atoms with Gasteiger partial charge < -0.3 is 15.1 Å². The zero-order valence-electron chi connectivity index (χ0n) is 16.0. The van der Waals surface area contributed by atoms with Gasteiger partial charge in [-0.2, -0.15) is 0 Å². The topological polar surface area (TPSA) is 52.7 Å². The first-order valence-corrected chi connectivity index (χ1v) is 9.89. The van der Waals surface area contributed by atoms with Gasteiger partial charge in [0.1, 0.15) is 0 Å². The van der Waals surface area contributed by atoms with Crippen molar-refractivity contribution in [2.24, 2.45) is 11.8 Å². The minimum absolute atomic E-state index is 0.00475. The van der Waals surface area contributed by atoms with Crippen LogP contribution in [-0.2, 0) is 16.0 Å². The second kappa shape index (κ2) is 8.67. The molecular weight excluding hydrogens is 326 g/mol. The molecule has 2 saturated heterocycles. The summed E-state index contributed by atoms with van der Waals surface area (Å²) in [5.74, 6) is 0.704. The highest BCUT2D eigenvalue weighted by Gasteiger charge is 2.34. The van der Waals surface area contributed by atoms with Crippen molar-refractivity contribution in [1.82, 2.24) is 15.1 Å². The van der Waals surface area contributed by atoms with Crippen molar-refractivity contribution in [2.45, 2.75) is 39.2 Å². The van der Waals surface area contributed by atoms with Crippen LogP contribution in [0.3, 0.4) is 0 Å². The van der Waals surface area contributed by atoms with Crippen LogP contribution in [0.5, 0.6) is 0 Å². The molecule has 1 N–H and O–H groups in total. The average Bonchev–Trinajstić information content (AvgIpc) is 2.66. The molecule has 0 aromatic heterocycles. The highest BCUT2D eigenvalue weighted by molar-refractivity contribution is 5.81. The lowest BCUT2D eigenvalue weighted by atomic mass is 9.87. The number of rotatable bonds is 5. The molecule has 142 valence electrons. The number of benzene rings is 1. The molecule has 0 spiro atoms. The number of piperidine rings is 1. The molecule has 5 heteroatoms. The Hall–Kier alpha value is -1.88. The van der Waals surface area contributed by atoms with Crippen LogP contribution in [0.1, 0.15) is 32.3 Å². The fourth-order valence-electron chi connectivity index (χ4n) is 4.13. The maximum absolute atomic E-state index is 13.3. The van der Waals surface area contributed by atoms with E-state index in [-0.39, 0.29) is 23.8 Å². The van der Waals surface area contributed by atoms with E-state index in [0.717, 1.165) is 38.9 Å². The molecule has 3 rings (SSSR count). The number of carbonyl (C=O) groups excluding carboxylic acids is 2. The Morgan fingerprint density at radius 1 is 1.23 bits per heavy atom. The molecule has 2 heterocycles. The molecule has 2 fully saturated rings. The van der Waals surface area contributed by atoms with Crippen LogP contribution in [0.25, 0.3) is 0 Å². The molecule has 1 aromatic carbocycles. The van der Waals surface area contributed by atoms with E-state index in [4.69, 9.17) is 0 Å². The van der Waals surface area contributed by atoms with Crippen molar-refractivity contribution < 1.29 is 9.59 Å². The predicted octanol–water partition coefficient (Wildman–Crippen LogP) is 1.92. The van der Waals surface area contributed by atoms with Gasteiger partial charge in [-0.05, 0) is 30.7 Å². The molecule has 5 nitrogen and oxygen atoms in total. The van der Waals surface area contributed by atoms with E-state index in [9.17, 15) is 9.59 Å². The number of likely N-dealkylation sites (tertiary alicyclic amines) is 1. The Kier molecular flexibility index (Phi) is 6.30. The van der Waals surface area contributed by atoms with E-state index < -0.39 is 0 Å². The Bertz CT molecular complexity index is 617. The van der Waals surface area contributed by atoms with E-state index >= 15 is 0 Å². The third kappa shape index (κ3) is 4.44. The summed E-state index contributed by atoms with van der Waals surface area (Å²) >= 11 is 0. The molecule has 26 heavy (non-hydrogen) atoms. The molecule has 0 aliphatic carbocycles. The summed E-state index contributed by atoms with van der Waals surface area (Å²) in [6.45, 7) is 7.78. The number of nitrogens with one attached hydrogen (secondary N) is 1. The van der Waals surface area contributed by atoms with Crippen LogP contribution in [0, 0.1) is 11.8 Å². The first kappa shape index (κ1) is 18.9. The minimum Gasteiger partial charge on any atom is -0.340 e. The van der Waals surface area contributed by atoms with E-state index in [2.05, 4.69) is 31.3 Å². The number of piperazine rings is 1. The highest BCUT2D eigenvalue weighted by atomic mass is 16.2. The lowest BCUT2D eigenvalue weighted by Crippen LogP contribution is -2.58. The lowest BCUT2D eigenvalue weighted by Gasteiger charge is -2.42. The molecular formula is C21H31N3O2. The third-order valence-electron chi connectivity index (χ3n) is 5.70. The molecule has 1 aromatic rings. The van der Waals surface area contributed by atoms with Crippen molar-refractivity contribution in [1.29, 1.82) is 0 Å². The first-order chi connectivity index (χ1) is 12.6. The van der Waals surface area contributed by atoms with Gasteiger partial charge in [-0.25, -0.2) is 0 Å². The number of hydrogen-bond acceptors (Lipinski definition) is 3. The van der Waals surface area contributed by atoms with Crippen LogP contribution >= 0.6 is 0 Å². The summed E-state index contributed by atoms with van der Waals surface area (Å²) in [5, 5.41) is 3.13. The average molecular weight is 357 g/mol. The fraction of sp³-hybridized carbons (Fsp3) is 0.619. The maximum atomic E-state index is 13.3. The lowest BCUT2D eigenvalue weighted by molar-refractivity contribution is -0.143. The monoisotopic (exact) mass is 357 g/mol. The SMILES string of the molecule is CC(C)C(Cc1ccccc1)C(=O)N1CCCC(N2CCNCC2=O)C1. The van der Waals surface area contributed by atoms with Gasteiger partial charge in [-0.1, -0.05) is 44.2 Å². The molecule has 0 saturated carbocycles. The summed E-state index contributed by atoms with van der Waals surface area (Å²) in [5.41, 5.74) is 1.21. The Morgan fingerprint density at radius 3 is 2.69 bits per heavy atom. The molecule has 2 aliphatic heterocycles. The van der Waals surface area contributed by atoms with Crippen molar-refractivity contribution in [3.63, 3.8) is 0 Å². The Morgan fingerprint density at radius 2 is 2.00 bits per heavy atom. The second-order valence-electron chi connectivity index (χ2n) is 7.88. The fourth-order valence-corrected chi connectivity index (χ4v) is 4.13. The number of nitrogens with zero attached hydrogens (tertiary/aromatic N) is 2. The van der Waals surface area contributed by atoms with Gasteiger partial charge in [-0.3, -0.25) is 9.59 Å². The van der Waals surface area contributed by atoms with Gasteiger partial charge in [0.05, 0.1) is 6.54 Å². The van der Waals surface area contributed by atoms with Crippen molar-refractivity contribution in [3.05, 3.63) is 35.9 Å². The van der Waals surface area contributed by atoms with Gasteiger partial charge in [0, 0.05) is 38.1 Å². The predicted molar refractivity (Wildman–Crippen MR) is 103 cm³/mol. The summed E-state index contributed by atoms with van der Waals surface area (Å²) in [7, 11) is 0. The van der Waals surface area contributed by atoms with Crippen LogP contribution in [0.2, 0.25) is 0 Å². The van der Waals surface area contributed by atoms with Gasteiger partial charge in [0.15, 0.2) is 0 Å². The molecule has 2 unspecified atom stereocenters. The summed E-state index contributed by atoms with van der Waals surface area (Å²) in [6.07, 6.45) is 2.76. The number of carbonyl (C=O) groups is 2. The van der Waals surface area contributed by atoms with Crippen LogP contribution in [0.15, 0.2) is 30.3 Å². The quantitative estimate of drug-likeness (QED) is 0.876. The minimum atomic E-state index is -0.00475. The summed E-state index contributed by atoms with van der Waals surface area (Å²) < 4.78 is 0. The Labute approximate surface area is 156 Å². The van der Waals surface area contributed by atoms with Crippen LogP contribution in [0.4, 0.5) is 0 Å². The Balaban J connectivity index is 1.67. The zero-order valence-corrected chi connectivity index (χ0v) is 16.0. The zero-order chi connectivity index (χ0) is 18.5. The van der Waals surface area contributed by atoms with Gasteiger partial charge in [0.2, 0.25) is 11.8 Å². The number of hydrogen-bond donors (Lipinski definition) is 1. The van der Waals surface area contributed by atoms with Crippen molar-refractivity contribution in [2.75, 3.05) is 32.7 Å². The highest BCUT2D eigenvalue weighted by Crippen LogP contribution is 2.24. The first-order valence-electron chi connectivity index (χ1n) is 9.89. The smallest absolute Gasteiger partial charge is 0.236 e. The van der Waals surface area contributed by atoms with Gasteiger partial charge in [0.25, 0.3) is 0 Å². The van der Waals surface area contributed by atoms with Crippen LogP contribution in [-0.4, -0.2) is 60.4 Å². The van der Waals surface area contributed by atoms with E-state index in [1.54, 1.807) is 0 Å².